The molecule has 0 saturated carbocycles. The van der Waals surface area contributed by atoms with Crippen LogP contribution in [0.5, 0.6) is 5.75 Å². The third-order valence-corrected chi connectivity index (χ3v) is 2.82. The van der Waals surface area contributed by atoms with E-state index in [4.69, 9.17) is 15.7 Å². The van der Waals surface area contributed by atoms with Gasteiger partial charge in [-0.1, -0.05) is 12.1 Å². The van der Waals surface area contributed by atoms with Gasteiger partial charge in [0.2, 0.25) is 0 Å². The molecule has 2 rings (SSSR count). The summed E-state index contributed by atoms with van der Waals surface area (Å²) in [6, 6.07) is 10.2. The number of nitrogens with two attached hydrogens (primary N) is 1. The van der Waals surface area contributed by atoms with E-state index in [1.165, 1.54) is 30.3 Å². The Balaban J connectivity index is 2.23. The number of benzene rings is 2. The van der Waals surface area contributed by atoms with Gasteiger partial charge in [-0.05, 0) is 24.3 Å². The van der Waals surface area contributed by atoms with Gasteiger partial charge in [0, 0.05) is 17.7 Å². The molecule has 0 spiro atoms. The monoisotopic (exact) mass is 274 g/mol. The molecular formula is C15H12F2N2O. The predicted molar refractivity (Wildman–Crippen MR) is 69.7 cm³/mol. The molecule has 0 aromatic heterocycles. The molecule has 0 fully saturated rings. The largest absolute Gasteiger partial charge is 0.485 e. The maximum absolute atomic E-state index is 13.7. The summed E-state index contributed by atoms with van der Waals surface area (Å²) in [5, 5.41) is 8.77. The molecule has 2 aromatic carbocycles. The first-order valence-electron chi connectivity index (χ1n) is 5.94. The van der Waals surface area contributed by atoms with Crippen molar-refractivity contribution in [2.45, 2.75) is 13.2 Å². The number of rotatable bonds is 4. The van der Waals surface area contributed by atoms with Crippen molar-refractivity contribution in [1.82, 2.24) is 0 Å². The van der Waals surface area contributed by atoms with Gasteiger partial charge < -0.3 is 10.5 Å². The molecule has 0 amide bonds. The first-order valence-corrected chi connectivity index (χ1v) is 5.94. The summed E-state index contributed by atoms with van der Waals surface area (Å²) in [4.78, 5) is 0. The maximum Gasteiger partial charge on any atom is 0.165 e. The number of nitriles is 1. The first-order chi connectivity index (χ1) is 9.65. The van der Waals surface area contributed by atoms with Crippen LogP contribution in [0.1, 0.15) is 16.7 Å². The third-order valence-electron chi connectivity index (χ3n) is 2.82. The van der Waals surface area contributed by atoms with Crippen LogP contribution < -0.4 is 10.5 Å². The van der Waals surface area contributed by atoms with Crippen LogP contribution in [0, 0.1) is 23.0 Å². The number of hydrogen-bond acceptors (Lipinski definition) is 3. The molecule has 0 radical (unpaired) electrons. The molecule has 0 heterocycles. The number of para-hydroxylation sites is 1. The maximum atomic E-state index is 13.7. The Bertz CT molecular complexity index is 665. The summed E-state index contributed by atoms with van der Waals surface area (Å²) in [6.07, 6.45) is 0. The summed E-state index contributed by atoms with van der Waals surface area (Å²) in [5.74, 6) is -1.05. The fraction of sp³-hybridized carbons (Fsp3) is 0.133. The van der Waals surface area contributed by atoms with E-state index in [-0.39, 0.29) is 24.5 Å². The minimum atomic E-state index is -0.551. The molecular weight excluding hydrogens is 262 g/mol. The quantitative estimate of drug-likeness (QED) is 0.932. The highest BCUT2D eigenvalue weighted by molar-refractivity contribution is 5.36. The van der Waals surface area contributed by atoms with Gasteiger partial charge in [0.1, 0.15) is 12.4 Å². The molecule has 0 saturated heterocycles. The van der Waals surface area contributed by atoms with Crippen molar-refractivity contribution in [1.29, 1.82) is 5.26 Å². The average molecular weight is 274 g/mol. The zero-order valence-corrected chi connectivity index (χ0v) is 10.6. The highest BCUT2D eigenvalue weighted by atomic mass is 19.1. The Labute approximate surface area is 115 Å². The second-order valence-corrected chi connectivity index (χ2v) is 4.14. The summed E-state index contributed by atoms with van der Waals surface area (Å²) >= 11 is 0. The van der Waals surface area contributed by atoms with Gasteiger partial charge in [-0.15, -0.1) is 0 Å². The molecule has 0 aliphatic heterocycles. The molecule has 0 atom stereocenters. The molecule has 20 heavy (non-hydrogen) atoms. The fourth-order valence-corrected chi connectivity index (χ4v) is 1.78. The Morgan fingerprint density at radius 2 is 1.90 bits per heavy atom. The molecule has 0 aliphatic rings. The number of nitrogens with zero attached hydrogens (tertiary/aromatic N) is 1. The van der Waals surface area contributed by atoms with Crippen molar-refractivity contribution < 1.29 is 13.5 Å². The van der Waals surface area contributed by atoms with Gasteiger partial charge in [0.05, 0.1) is 11.6 Å². The lowest BCUT2D eigenvalue weighted by molar-refractivity contribution is 0.281. The van der Waals surface area contributed by atoms with Crippen molar-refractivity contribution >= 4 is 0 Å². The van der Waals surface area contributed by atoms with Gasteiger partial charge in [0.15, 0.2) is 11.6 Å². The van der Waals surface area contributed by atoms with Gasteiger partial charge >= 0.3 is 0 Å². The topological polar surface area (TPSA) is 59.0 Å². The Morgan fingerprint density at radius 3 is 2.60 bits per heavy atom. The minimum Gasteiger partial charge on any atom is -0.485 e. The van der Waals surface area contributed by atoms with Crippen LogP contribution in [0.15, 0.2) is 36.4 Å². The summed E-state index contributed by atoms with van der Waals surface area (Å²) in [6.45, 7) is -0.0525. The smallest absolute Gasteiger partial charge is 0.165 e. The van der Waals surface area contributed by atoms with Crippen molar-refractivity contribution in [3.05, 3.63) is 64.7 Å². The standard InChI is InChI=1S/C15H12F2N2O/c16-13-5-4-10(7-18)6-12(13)9-20-15-11(8-19)2-1-3-14(15)17/h1-6H,8-9,19H2. The van der Waals surface area contributed by atoms with E-state index in [2.05, 4.69) is 0 Å². The number of ether oxygens (including phenoxy) is 1. The predicted octanol–water partition coefficient (Wildman–Crippen LogP) is 2.87. The minimum absolute atomic E-state index is 0.0109. The van der Waals surface area contributed by atoms with Crippen LogP contribution in [0.25, 0.3) is 0 Å². The molecule has 0 unspecified atom stereocenters. The lowest BCUT2D eigenvalue weighted by Gasteiger charge is -2.12. The van der Waals surface area contributed by atoms with E-state index < -0.39 is 11.6 Å². The summed E-state index contributed by atoms with van der Waals surface area (Å²) in [5.41, 5.74) is 6.51. The second-order valence-electron chi connectivity index (χ2n) is 4.14. The zero-order valence-electron chi connectivity index (χ0n) is 10.6. The van der Waals surface area contributed by atoms with E-state index in [0.717, 1.165) is 0 Å². The van der Waals surface area contributed by atoms with Gasteiger partial charge in [-0.3, -0.25) is 0 Å². The van der Waals surface area contributed by atoms with Crippen molar-refractivity contribution in [3.8, 4) is 11.8 Å². The fourth-order valence-electron chi connectivity index (χ4n) is 1.78. The number of hydrogen-bond donors (Lipinski definition) is 1. The first kappa shape index (κ1) is 14.0. The van der Waals surface area contributed by atoms with E-state index >= 15 is 0 Å². The average Bonchev–Trinajstić information content (AvgIpc) is 2.47. The van der Waals surface area contributed by atoms with Crippen LogP contribution >= 0.6 is 0 Å². The summed E-state index contributed by atoms with van der Waals surface area (Å²) in [7, 11) is 0. The zero-order chi connectivity index (χ0) is 14.5. The highest BCUT2D eigenvalue weighted by Crippen LogP contribution is 2.24. The molecule has 5 heteroatoms. The van der Waals surface area contributed by atoms with Crippen molar-refractivity contribution in [2.75, 3.05) is 0 Å². The van der Waals surface area contributed by atoms with Crippen molar-refractivity contribution in [3.63, 3.8) is 0 Å². The van der Waals surface area contributed by atoms with E-state index in [1.807, 2.05) is 6.07 Å². The van der Waals surface area contributed by atoms with Gasteiger partial charge in [-0.2, -0.15) is 5.26 Å². The van der Waals surface area contributed by atoms with E-state index in [9.17, 15) is 8.78 Å². The van der Waals surface area contributed by atoms with Gasteiger partial charge in [0.25, 0.3) is 0 Å². The summed E-state index contributed by atoms with van der Waals surface area (Å²) < 4.78 is 32.6. The Kier molecular flexibility index (Phi) is 4.28. The Morgan fingerprint density at radius 1 is 1.10 bits per heavy atom. The van der Waals surface area contributed by atoms with E-state index in [0.29, 0.717) is 11.1 Å². The highest BCUT2D eigenvalue weighted by Gasteiger charge is 2.11. The molecule has 2 N–H and O–H groups in total. The molecule has 0 bridgehead atoms. The molecule has 2 aromatic rings. The Hall–Kier alpha value is -2.45. The SMILES string of the molecule is N#Cc1ccc(F)c(COc2c(F)cccc2CN)c1. The second kappa shape index (κ2) is 6.13. The van der Waals surface area contributed by atoms with Crippen molar-refractivity contribution in [2.24, 2.45) is 5.73 Å². The normalized spacial score (nSPS) is 10.1. The van der Waals surface area contributed by atoms with Crippen LogP contribution in [0.3, 0.4) is 0 Å². The van der Waals surface area contributed by atoms with Crippen LogP contribution in [0.2, 0.25) is 0 Å². The van der Waals surface area contributed by atoms with Crippen LogP contribution in [0.4, 0.5) is 8.78 Å². The molecule has 0 aliphatic carbocycles. The van der Waals surface area contributed by atoms with Crippen LogP contribution in [-0.2, 0) is 13.2 Å². The lowest BCUT2D eigenvalue weighted by Crippen LogP contribution is -2.05. The third kappa shape index (κ3) is 2.92. The molecule has 102 valence electrons. The number of halogens is 2. The molecule has 3 nitrogen and oxygen atoms in total. The lowest BCUT2D eigenvalue weighted by atomic mass is 10.1. The van der Waals surface area contributed by atoms with Crippen LogP contribution in [-0.4, -0.2) is 0 Å². The van der Waals surface area contributed by atoms with Gasteiger partial charge in [-0.25, -0.2) is 8.78 Å². The van der Waals surface area contributed by atoms with E-state index in [1.54, 1.807) is 6.07 Å².